The number of rotatable bonds is 61. The van der Waals surface area contributed by atoms with E-state index in [1.165, 1.54) is 72.2 Å². The summed E-state index contributed by atoms with van der Waals surface area (Å²) in [6, 6.07) is 11.1. The number of aromatic nitrogens is 6. The molecule has 0 radical (unpaired) electrons. The molecule has 53 nitrogen and oxygen atoms in total. The molecule has 6 atom stereocenters. The summed E-state index contributed by atoms with van der Waals surface area (Å²) in [4.78, 5) is 182. The molecule has 3 aliphatic heterocycles. The molecule has 774 valence electrons. The van der Waals surface area contributed by atoms with E-state index in [9.17, 15) is 107 Å². The first kappa shape index (κ1) is 116. The number of aliphatic carboxylic acids is 2. The van der Waals surface area contributed by atoms with Crippen LogP contribution >= 0.6 is 66.6 Å². The van der Waals surface area contributed by atoms with Crippen LogP contribution < -0.4 is 42.4 Å². The summed E-state index contributed by atoms with van der Waals surface area (Å²) in [6.07, 6.45) is -7.68. The molecule has 9 rings (SSSR count). The number of fused-ring (bicyclic) bond motifs is 2. The number of carbonyl (C=O) groups is 9. The lowest BCUT2D eigenvalue weighted by Gasteiger charge is -2.28. The molecule has 6 amide bonds. The van der Waals surface area contributed by atoms with Crippen molar-refractivity contribution in [3.05, 3.63) is 121 Å². The summed E-state index contributed by atoms with van der Waals surface area (Å²) in [5.74, 6) is -8.86. The summed E-state index contributed by atoms with van der Waals surface area (Å²) in [5.41, 5.74) is 3.95. The largest absolute Gasteiger partial charge is 0.530 e. The third-order valence-electron chi connectivity index (χ3n) is 19.1. The third kappa shape index (κ3) is 38.9. The predicted octanol–water partition coefficient (Wildman–Crippen LogP) is 2.82. The van der Waals surface area contributed by atoms with Gasteiger partial charge in [0.25, 0.3) is 17.4 Å². The fraction of sp³-hybridized carbons (Fsp3) is 0.537. The number of aromatic hydroxyl groups is 2. The number of esters is 1. The number of aliphatic hydroxyl groups is 2. The number of phosphoric acid groups is 3. The number of ether oxygens (including phenoxy) is 11. The first-order valence-corrected chi connectivity index (χ1v) is 51.4. The number of carboxylic acid groups (broad SMARTS) is 2. The average Bonchev–Trinajstić information content (AvgIpc) is 1.58. The molecule has 2 fully saturated rings. The van der Waals surface area contributed by atoms with Crippen LogP contribution in [0.1, 0.15) is 82.9 Å². The van der Waals surface area contributed by atoms with E-state index in [0.717, 1.165) is 49.9 Å². The second-order valence-corrected chi connectivity index (χ2v) is 38.8. The van der Waals surface area contributed by atoms with Gasteiger partial charge in [-0.15, -0.1) is 0 Å². The highest BCUT2D eigenvalue weighted by molar-refractivity contribution is 8.78. The standard InChI is InChI=1S/C79H106N13O40P3S4.CH4/c1-4-17-115-30-31-122-44-66(98)90(16-21-119-25-29-121-27-23-117-19-14-82-63(95)46-136-138-59-33-50-39-125-134(113,126-40-51(50)34-60(59)139-137-47-67(99)100)129-43-58-69(101)70(102)74(130-58)92-64(96)35-62(94)86-78(92)108)15-20-118-24-28-120-26-22-116-18-13-81-61(93)12-10-56(75(105)106)85-72(103)49-6-8-53(9-7-49)91(37-52-36-83-71-68(84-52)73(104)88-77(80)87-71)79(109)124-38-48-5-11-57(55(32-48)76(107)123-45-65(97)89(2)3)132-135(114)127-41-54(42-128-135)131-133(110,111)112;/h5-9,11,32-36,54,56,58,69-70,74,96,101-102H,4,10,12-31,37-47H2,1-3H3,(H,81,93)(H,82,95)(H,85,103)(H,99,100)(H,105,106)(H,86,94,108)(H2,110,111,112)(H3,80,83,87,88,104);1H4. The van der Waals surface area contributed by atoms with Gasteiger partial charge in [-0.1, -0.05) is 63.6 Å². The summed E-state index contributed by atoms with van der Waals surface area (Å²) < 4.78 is 137. The minimum Gasteiger partial charge on any atom is -0.494 e. The minimum absolute atomic E-state index is 0. The summed E-state index contributed by atoms with van der Waals surface area (Å²) in [6.45, 7) is 1.16. The topological polar surface area (TPSA) is 711 Å². The Kier molecular flexibility index (Phi) is 48.5. The van der Waals surface area contributed by atoms with Crippen LogP contribution in [0.25, 0.3) is 11.2 Å². The maximum absolute atomic E-state index is 14.2. The Morgan fingerprint density at radius 2 is 1.27 bits per heavy atom. The van der Waals surface area contributed by atoms with Gasteiger partial charge in [-0.05, 0) is 78.1 Å². The normalized spacial score (nSPS) is 18.1. The molecule has 0 bridgehead atoms. The number of aromatic amines is 1. The molecule has 140 heavy (non-hydrogen) atoms. The quantitative estimate of drug-likeness (QED) is 0.0113. The number of anilines is 2. The number of aliphatic hydroxyl groups excluding tert-OH is 2. The monoisotopic (exact) mass is 2110 g/mol. The van der Waals surface area contributed by atoms with E-state index in [4.69, 9.17) is 85.0 Å². The fourth-order valence-corrected chi connectivity index (χ4v) is 19.6. The number of carbonyl (C=O) groups excluding carboxylic acids is 7. The highest BCUT2D eigenvalue weighted by Gasteiger charge is 2.47. The van der Waals surface area contributed by atoms with Crippen molar-refractivity contribution in [1.29, 1.82) is 0 Å². The van der Waals surface area contributed by atoms with Gasteiger partial charge in [0, 0.05) is 74.3 Å². The third-order valence-corrected chi connectivity index (χ3v) is 27.0. The number of hydrogen-bond acceptors (Lipinski definition) is 45. The molecule has 3 aromatic carbocycles. The van der Waals surface area contributed by atoms with Crippen LogP contribution in [0.3, 0.4) is 0 Å². The number of H-pyrrole nitrogens is 1. The number of nitrogens with two attached hydrogens (primary N) is 1. The number of phosphoric ester groups is 3. The molecule has 60 heteroatoms. The van der Waals surface area contributed by atoms with Crippen LogP contribution in [0.15, 0.2) is 86.2 Å². The first-order chi connectivity index (χ1) is 66.5. The molecule has 6 aromatic rings. The van der Waals surface area contributed by atoms with Gasteiger partial charge >= 0.3 is 53.2 Å². The number of nitrogens with zero attached hydrogens (tertiary/aromatic N) is 8. The van der Waals surface area contributed by atoms with E-state index in [1.54, 1.807) is 17.0 Å². The van der Waals surface area contributed by atoms with Crippen molar-refractivity contribution in [2.45, 2.75) is 106 Å². The van der Waals surface area contributed by atoms with Crippen molar-refractivity contribution in [2.24, 2.45) is 0 Å². The fourth-order valence-electron chi connectivity index (χ4n) is 12.1. The summed E-state index contributed by atoms with van der Waals surface area (Å²) in [5, 5.41) is 69.3. The highest BCUT2D eigenvalue weighted by atomic mass is 33.1. The lowest BCUT2D eigenvalue weighted by molar-refractivity contribution is -0.140. The van der Waals surface area contributed by atoms with Crippen molar-refractivity contribution in [3.63, 3.8) is 0 Å². The van der Waals surface area contributed by atoms with Crippen molar-refractivity contribution < 1.29 is 181 Å². The van der Waals surface area contributed by atoms with Crippen molar-refractivity contribution in [1.82, 2.24) is 55.2 Å². The molecule has 0 spiro atoms. The summed E-state index contributed by atoms with van der Waals surface area (Å²) in [7, 11) is -6.59. The van der Waals surface area contributed by atoms with Crippen molar-refractivity contribution in [2.75, 3.05) is 195 Å². The van der Waals surface area contributed by atoms with Crippen LogP contribution in [0, 0.1) is 0 Å². The van der Waals surface area contributed by atoms with E-state index < -0.39 is 176 Å². The smallest absolute Gasteiger partial charge is 0.494 e. The molecule has 0 aliphatic carbocycles. The molecular weight excluding hydrogens is 2000 g/mol. The number of hydrogen-bond donors (Lipinski definition) is 13. The Balaban J connectivity index is 0.0000240. The predicted molar refractivity (Wildman–Crippen MR) is 494 cm³/mol. The molecular formula is C80H110N13O40P3S4. The van der Waals surface area contributed by atoms with Crippen LogP contribution in [-0.4, -0.2) is 348 Å². The molecule has 3 aliphatic rings. The van der Waals surface area contributed by atoms with Gasteiger partial charge < -0.3 is 129 Å². The Hall–Kier alpha value is -9.68. The van der Waals surface area contributed by atoms with Gasteiger partial charge in [0.1, 0.15) is 60.7 Å². The maximum atomic E-state index is 14.2. The lowest BCUT2D eigenvalue weighted by Crippen LogP contribution is -2.41. The zero-order valence-electron chi connectivity index (χ0n) is 74.9. The highest BCUT2D eigenvalue weighted by Crippen LogP contribution is 2.56. The van der Waals surface area contributed by atoms with Gasteiger partial charge in [0.15, 0.2) is 24.0 Å². The van der Waals surface area contributed by atoms with Crippen LogP contribution in [0.4, 0.5) is 16.4 Å². The van der Waals surface area contributed by atoms with Gasteiger partial charge in [-0.2, -0.15) is 9.97 Å². The van der Waals surface area contributed by atoms with E-state index >= 15 is 0 Å². The Morgan fingerprint density at radius 3 is 1.86 bits per heavy atom. The number of nitrogen functional groups attached to an aromatic ring is 1. The molecule has 0 saturated carbocycles. The molecule has 3 aromatic heterocycles. The number of nitrogens with one attached hydrogen (secondary N) is 4. The minimum atomic E-state index is -5.02. The molecule has 6 heterocycles. The first-order valence-electron chi connectivity index (χ1n) is 42.4. The molecule has 14 N–H and O–H groups in total. The van der Waals surface area contributed by atoms with Gasteiger partial charge in [-0.3, -0.25) is 70.6 Å². The second-order valence-electron chi connectivity index (χ2n) is 29.6. The van der Waals surface area contributed by atoms with Gasteiger partial charge in [0.2, 0.25) is 35.4 Å². The average molecular weight is 2120 g/mol. The number of carboxylic acids is 2. The number of benzene rings is 3. The van der Waals surface area contributed by atoms with E-state index in [-0.39, 0.29) is 215 Å². The van der Waals surface area contributed by atoms with Gasteiger partial charge in [-0.25, -0.2) is 47.4 Å². The van der Waals surface area contributed by atoms with E-state index in [2.05, 4.69) is 40.4 Å². The number of amides is 6. The SMILES string of the molecule is C.CCCOCCOCC(=O)N(CCOCCOCCOCCNC(=O)CCC(NC(=O)c1ccc(N(Cc2cnc3nc(N)nc(O)c3n2)C(=O)OCc2ccc(OP3(=O)OCC(OP(=O)(O)O)CO3)c(C(=O)OCC(=O)N(C)C)c2)cc1)C(=O)O)CCOCCOCCOCCNC(=O)CSSc1cc2c(cc1SSCC(=O)O)COP(=O)(OCC1OC(n3c(O)cc(=O)[nH]c3=O)C(O)C1O)OC2. The maximum Gasteiger partial charge on any atom is 0.530 e. The Morgan fingerprint density at radius 1 is 0.686 bits per heavy atom. The lowest BCUT2D eigenvalue weighted by atomic mass is 10.1. The van der Waals surface area contributed by atoms with E-state index in [0.29, 0.717) is 44.8 Å². The Bertz CT molecular complexity index is 5400. The van der Waals surface area contributed by atoms with E-state index in [1.807, 2.05) is 11.9 Å². The summed E-state index contributed by atoms with van der Waals surface area (Å²) >= 11 is 0. The van der Waals surface area contributed by atoms with Crippen molar-refractivity contribution in [3.8, 4) is 17.5 Å². The van der Waals surface area contributed by atoms with Crippen LogP contribution in [0.2, 0.25) is 0 Å². The van der Waals surface area contributed by atoms with Crippen molar-refractivity contribution >= 4 is 143 Å². The van der Waals surface area contributed by atoms with Gasteiger partial charge in [0.05, 0.1) is 156 Å². The van der Waals surface area contributed by atoms with Crippen LogP contribution in [-0.2, 0) is 148 Å². The zero-order chi connectivity index (χ0) is 101. The number of likely N-dealkylation sites (N-methyl/N-ethyl adjacent to an activating group) is 1. The Labute approximate surface area is 814 Å². The second kappa shape index (κ2) is 58.8. The molecule has 6 unspecified atom stereocenters. The molecule has 2 saturated heterocycles. The van der Waals surface area contributed by atoms with Crippen LogP contribution in [0.5, 0.6) is 17.5 Å². The zero-order valence-corrected chi connectivity index (χ0v) is 80.9.